The molecule has 0 saturated heterocycles. The van der Waals surface area contributed by atoms with Gasteiger partial charge in [0.1, 0.15) is 0 Å². The van der Waals surface area contributed by atoms with Crippen LogP contribution in [0.5, 0.6) is 0 Å². The number of amides is 1. The topological polar surface area (TPSA) is 41.1 Å². The van der Waals surface area contributed by atoms with E-state index in [4.69, 9.17) is 0 Å². The third kappa shape index (κ3) is 2.98. The molecule has 1 saturated carbocycles. The molecular formula is C16H22N2O. The first-order chi connectivity index (χ1) is 9.33. The summed E-state index contributed by atoms with van der Waals surface area (Å²) in [7, 11) is 0. The van der Waals surface area contributed by atoms with Crippen molar-refractivity contribution in [3.05, 3.63) is 34.9 Å². The van der Waals surface area contributed by atoms with Gasteiger partial charge in [-0.1, -0.05) is 25.3 Å². The molecule has 1 aromatic carbocycles. The van der Waals surface area contributed by atoms with Crippen molar-refractivity contribution in [3.8, 4) is 0 Å². The fourth-order valence-corrected chi connectivity index (χ4v) is 3.13. The van der Waals surface area contributed by atoms with Crippen LogP contribution in [-0.2, 0) is 13.0 Å². The van der Waals surface area contributed by atoms with Crippen molar-refractivity contribution in [3.63, 3.8) is 0 Å². The number of carbonyl (C=O) groups excluding carboxylic acids is 1. The number of nitrogens with one attached hydrogen (secondary N) is 2. The standard InChI is InChI=1S/C16H22N2O/c19-16(18-15-4-2-1-3-5-15)13-6-7-14-11-17-9-8-12(14)10-13/h6-7,10,15,17H,1-5,8-9,11H2,(H,18,19). The maximum absolute atomic E-state index is 12.3. The quantitative estimate of drug-likeness (QED) is 0.855. The van der Waals surface area contributed by atoms with Gasteiger partial charge in [-0.15, -0.1) is 0 Å². The van der Waals surface area contributed by atoms with E-state index in [1.165, 1.54) is 30.4 Å². The van der Waals surface area contributed by atoms with Crippen LogP contribution in [0.1, 0.15) is 53.6 Å². The van der Waals surface area contributed by atoms with Crippen LogP contribution in [0.25, 0.3) is 0 Å². The molecule has 3 nitrogen and oxygen atoms in total. The van der Waals surface area contributed by atoms with Gasteiger partial charge in [0.05, 0.1) is 0 Å². The Morgan fingerprint density at radius 1 is 1.16 bits per heavy atom. The minimum atomic E-state index is 0.105. The van der Waals surface area contributed by atoms with Crippen molar-refractivity contribution >= 4 is 5.91 Å². The average Bonchev–Trinajstić information content (AvgIpc) is 2.48. The molecule has 2 N–H and O–H groups in total. The number of fused-ring (bicyclic) bond motifs is 1. The summed E-state index contributed by atoms with van der Waals surface area (Å²) in [5.74, 6) is 0.105. The molecule has 0 atom stereocenters. The average molecular weight is 258 g/mol. The second kappa shape index (κ2) is 5.74. The lowest BCUT2D eigenvalue weighted by Crippen LogP contribution is -2.36. The van der Waals surface area contributed by atoms with E-state index in [2.05, 4.69) is 22.8 Å². The zero-order valence-corrected chi connectivity index (χ0v) is 11.4. The van der Waals surface area contributed by atoms with Crippen LogP contribution in [0.4, 0.5) is 0 Å². The van der Waals surface area contributed by atoms with E-state index in [1.54, 1.807) is 0 Å². The molecule has 0 aromatic heterocycles. The van der Waals surface area contributed by atoms with E-state index >= 15 is 0 Å². The summed E-state index contributed by atoms with van der Waals surface area (Å²) < 4.78 is 0. The first-order valence-electron chi connectivity index (χ1n) is 7.46. The molecule has 0 radical (unpaired) electrons. The summed E-state index contributed by atoms with van der Waals surface area (Å²) in [4.78, 5) is 12.3. The first-order valence-corrected chi connectivity index (χ1v) is 7.46. The fraction of sp³-hybridized carbons (Fsp3) is 0.562. The van der Waals surface area contributed by atoms with Crippen LogP contribution >= 0.6 is 0 Å². The molecule has 19 heavy (non-hydrogen) atoms. The summed E-state index contributed by atoms with van der Waals surface area (Å²) in [6, 6.07) is 6.52. The summed E-state index contributed by atoms with van der Waals surface area (Å²) in [5.41, 5.74) is 3.49. The normalized spacial score (nSPS) is 19.8. The van der Waals surface area contributed by atoms with Gasteiger partial charge < -0.3 is 10.6 Å². The van der Waals surface area contributed by atoms with E-state index in [0.717, 1.165) is 37.9 Å². The van der Waals surface area contributed by atoms with Crippen LogP contribution in [0.2, 0.25) is 0 Å². The van der Waals surface area contributed by atoms with E-state index < -0.39 is 0 Å². The molecule has 0 unspecified atom stereocenters. The van der Waals surface area contributed by atoms with Crippen molar-refractivity contribution in [1.29, 1.82) is 0 Å². The molecule has 2 aliphatic rings. The molecule has 0 spiro atoms. The van der Waals surface area contributed by atoms with Gasteiger partial charge in [-0.05, 0) is 49.1 Å². The van der Waals surface area contributed by atoms with Gasteiger partial charge in [0, 0.05) is 18.2 Å². The van der Waals surface area contributed by atoms with Crippen LogP contribution in [0, 0.1) is 0 Å². The van der Waals surface area contributed by atoms with Crippen molar-refractivity contribution in [1.82, 2.24) is 10.6 Å². The van der Waals surface area contributed by atoms with Crippen LogP contribution < -0.4 is 10.6 Å². The highest BCUT2D eigenvalue weighted by Crippen LogP contribution is 2.19. The second-order valence-corrected chi connectivity index (χ2v) is 5.72. The Morgan fingerprint density at radius 2 is 2.00 bits per heavy atom. The van der Waals surface area contributed by atoms with E-state index in [0.29, 0.717) is 6.04 Å². The predicted molar refractivity (Wildman–Crippen MR) is 76.2 cm³/mol. The van der Waals surface area contributed by atoms with E-state index in [9.17, 15) is 4.79 Å². The Labute approximate surface area is 114 Å². The van der Waals surface area contributed by atoms with Crippen LogP contribution in [0.3, 0.4) is 0 Å². The second-order valence-electron chi connectivity index (χ2n) is 5.72. The highest BCUT2D eigenvalue weighted by Gasteiger charge is 2.17. The smallest absolute Gasteiger partial charge is 0.251 e. The van der Waals surface area contributed by atoms with Gasteiger partial charge in [0.2, 0.25) is 0 Å². The minimum Gasteiger partial charge on any atom is -0.349 e. The summed E-state index contributed by atoms with van der Waals surface area (Å²) >= 11 is 0. The zero-order chi connectivity index (χ0) is 13.1. The van der Waals surface area contributed by atoms with Crippen molar-refractivity contribution in [2.24, 2.45) is 0 Å². The van der Waals surface area contributed by atoms with Crippen molar-refractivity contribution in [2.45, 2.75) is 51.1 Å². The largest absolute Gasteiger partial charge is 0.349 e. The first kappa shape index (κ1) is 12.7. The SMILES string of the molecule is O=C(NC1CCCCC1)c1ccc2c(c1)CCNC2. The van der Waals surface area contributed by atoms with Crippen LogP contribution in [0.15, 0.2) is 18.2 Å². The molecule has 102 valence electrons. The van der Waals surface area contributed by atoms with E-state index in [-0.39, 0.29) is 5.91 Å². The summed E-state index contributed by atoms with van der Waals surface area (Å²) in [6.45, 7) is 1.94. The van der Waals surface area contributed by atoms with Crippen molar-refractivity contribution < 1.29 is 4.79 Å². The molecule has 1 aliphatic heterocycles. The lowest BCUT2D eigenvalue weighted by atomic mass is 9.94. The lowest BCUT2D eigenvalue weighted by Gasteiger charge is -2.23. The number of benzene rings is 1. The molecule has 0 bridgehead atoms. The number of rotatable bonds is 2. The van der Waals surface area contributed by atoms with Gasteiger partial charge >= 0.3 is 0 Å². The Kier molecular flexibility index (Phi) is 3.83. The molecule has 1 aromatic rings. The number of hydrogen-bond acceptors (Lipinski definition) is 2. The lowest BCUT2D eigenvalue weighted by molar-refractivity contribution is 0.0927. The van der Waals surface area contributed by atoms with Gasteiger partial charge in [-0.25, -0.2) is 0 Å². The Bertz CT molecular complexity index is 464. The molecule has 1 amide bonds. The van der Waals surface area contributed by atoms with Gasteiger partial charge in [-0.3, -0.25) is 4.79 Å². The van der Waals surface area contributed by atoms with Crippen LogP contribution in [-0.4, -0.2) is 18.5 Å². The summed E-state index contributed by atoms with van der Waals surface area (Å²) in [6.07, 6.45) is 7.13. The zero-order valence-electron chi connectivity index (χ0n) is 11.4. The summed E-state index contributed by atoms with van der Waals surface area (Å²) in [5, 5.41) is 6.54. The van der Waals surface area contributed by atoms with Gasteiger partial charge in [0.25, 0.3) is 5.91 Å². The molecule has 1 aliphatic carbocycles. The van der Waals surface area contributed by atoms with Crippen molar-refractivity contribution in [2.75, 3.05) is 6.54 Å². The number of carbonyl (C=O) groups is 1. The third-order valence-electron chi connectivity index (χ3n) is 4.30. The van der Waals surface area contributed by atoms with E-state index in [1.807, 2.05) is 6.07 Å². The Morgan fingerprint density at radius 3 is 2.84 bits per heavy atom. The maximum Gasteiger partial charge on any atom is 0.251 e. The van der Waals surface area contributed by atoms with Gasteiger partial charge in [-0.2, -0.15) is 0 Å². The predicted octanol–water partition coefficient (Wildman–Crippen LogP) is 2.39. The Hall–Kier alpha value is -1.35. The molecule has 3 rings (SSSR count). The third-order valence-corrected chi connectivity index (χ3v) is 4.30. The number of hydrogen-bond donors (Lipinski definition) is 2. The van der Waals surface area contributed by atoms with Gasteiger partial charge in [0.15, 0.2) is 0 Å². The Balaban J connectivity index is 1.69. The molecule has 1 heterocycles. The highest BCUT2D eigenvalue weighted by molar-refractivity contribution is 5.94. The highest BCUT2D eigenvalue weighted by atomic mass is 16.1. The molecule has 1 fully saturated rings. The molecular weight excluding hydrogens is 236 g/mol. The monoisotopic (exact) mass is 258 g/mol. The minimum absolute atomic E-state index is 0.105. The fourth-order valence-electron chi connectivity index (χ4n) is 3.13. The molecule has 3 heteroatoms. The maximum atomic E-state index is 12.3.